The highest BCUT2D eigenvalue weighted by molar-refractivity contribution is 7.99. The number of carbonyl (C=O) groups is 1. The lowest BCUT2D eigenvalue weighted by atomic mass is 9.94. The quantitative estimate of drug-likeness (QED) is 0.721. The molecule has 0 fully saturated rings. The van der Waals surface area contributed by atoms with Gasteiger partial charge in [-0.1, -0.05) is 25.2 Å². The predicted octanol–water partition coefficient (Wildman–Crippen LogP) is 2.81. The fourth-order valence-corrected chi connectivity index (χ4v) is 3.83. The lowest BCUT2D eigenvalue weighted by molar-refractivity contribution is -0.115. The zero-order valence-corrected chi connectivity index (χ0v) is 16.2. The maximum Gasteiger partial charge on any atom is 0.227 e. The molecule has 2 aromatic rings. The number of aryl methyl sites for hydroxylation is 1. The van der Waals surface area contributed by atoms with Gasteiger partial charge in [-0.15, -0.1) is 22.0 Å². The van der Waals surface area contributed by atoms with E-state index < -0.39 is 0 Å². The van der Waals surface area contributed by atoms with Gasteiger partial charge < -0.3 is 11.1 Å². The van der Waals surface area contributed by atoms with Crippen LogP contribution in [0.1, 0.15) is 47.9 Å². The first-order valence-electron chi connectivity index (χ1n) is 7.73. The Labute approximate surface area is 159 Å². The third-order valence-corrected chi connectivity index (χ3v) is 5.10. The molecule has 0 aliphatic carbocycles. The SMILES string of the molecule is Cc1nnc(NC(=O)CCSc2nc(N)c(C#N)c(C(C)C)c2C#N)s1. The molecule has 8 nitrogen and oxygen atoms in total. The molecule has 26 heavy (non-hydrogen) atoms. The van der Waals surface area contributed by atoms with Gasteiger partial charge >= 0.3 is 0 Å². The Kier molecular flexibility index (Phi) is 6.50. The molecule has 0 aliphatic heterocycles. The van der Waals surface area contributed by atoms with Crippen molar-refractivity contribution in [1.82, 2.24) is 15.2 Å². The number of thioether (sulfide) groups is 1. The number of nitrogens with zero attached hydrogens (tertiary/aromatic N) is 5. The van der Waals surface area contributed by atoms with Crippen LogP contribution in [-0.2, 0) is 4.79 Å². The number of hydrogen-bond acceptors (Lipinski definition) is 9. The summed E-state index contributed by atoms with van der Waals surface area (Å²) in [6, 6.07) is 4.15. The molecule has 2 rings (SSSR count). The molecule has 0 radical (unpaired) electrons. The molecule has 1 amide bonds. The fraction of sp³-hybridized carbons (Fsp3) is 0.375. The van der Waals surface area contributed by atoms with Crippen LogP contribution in [0.3, 0.4) is 0 Å². The van der Waals surface area contributed by atoms with Gasteiger partial charge in [0, 0.05) is 12.2 Å². The van der Waals surface area contributed by atoms with E-state index in [4.69, 9.17) is 5.73 Å². The zero-order chi connectivity index (χ0) is 19.3. The summed E-state index contributed by atoms with van der Waals surface area (Å²) in [4.78, 5) is 16.2. The largest absolute Gasteiger partial charge is 0.383 e. The van der Waals surface area contributed by atoms with Gasteiger partial charge in [-0.3, -0.25) is 4.79 Å². The van der Waals surface area contributed by atoms with Crippen LogP contribution < -0.4 is 11.1 Å². The lowest BCUT2D eigenvalue weighted by Crippen LogP contribution is -2.12. The van der Waals surface area contributed by atoms with Gasteiger partial charge in [-0.25, -0.2) is 4.98 Å². The van der Waals surface area contributed by atoms with Crippen molar-refractivity contribution in [1.29, 1.82) is 10.5 Å². The molecular formula is C16H17N7OS2. The van der Waals surface area contributed by atoms with Gasteiger partial charge in [0.2, 0.25) is 11.0 Å². The van der Waals surface area contributed by atoms with Crippen LogP contribution in [0, 0.1) is 29.6 Å². The average molecular weight is 387 g/mol. The Bertz CT molecular complexity index is 909. The number of nitrogen functional groups attached to an aromatic ring is 1. The predicted molar refractivity (Wildman–Crippen MR) is 101 cm³/mol. The molecule has 10 heteroatoms. The summed E-state index contributed by atoms with van der Waals surface area (Å²) in [7, 11) is 0. The second kappa shape index (κ2) is 8.61. The van der Waals surface area contributed by atoms with Crippen molar-refractivity contribution in [2.24, 2.45) is 0 Å². The van der Waals surface area contributed by atoms with Crippen molar-refractivity contribution in [3.63, 3.8) is 0 Å². The Hall–Kier alpha value is -2.69. The first-order valence-corrected chi connectivity index (χ1v) is 9.53. The fourth-order valence-electron chi connectivity index (χ4n) is 2.28. The summed E-state index contributed by atoms with van der Waals surface area (Å²) in [5.74, 6) is 0.269. The van der Waals surface area contributed by atoms with Crippen molar-refractivity contribution >= 4 is 40.0 Å². The van der Waals surface area contributed by atoms with E-state index in [2.05, 4.69) is 26.6 Å². The van der Waals surface area contributed by atoms with Crippen molar-refractivity contribution in [2.75, 3.05) is 16.8 Å². The van der Waals surface area contributed by atoms with Gasteiger partial charge in [0.1, 0.15) is 28.0 Å². The molecule has 0 aromatic carbocycles. The molecule has 0 saturated heterocycles. The second-order valence-electron chi connectivity index (χ2n) is 5.62. The molecule has 0 unspecified atom stereocenters. The number of nitrogens with two attached hydrogens (primary N) is 1. The van der Waals surface area contributed by atoms with Gasteiger partial charge in [0.05, 0.1) is 11.1 Å². The second-order valence-corrected chi connectivity index (χ2v) is 7.88. The van der Waals surface area contributed by atoms with E-state index in [-0.39, 0.29) is 29.6 Å². The van der Waals surface area contributed by atoms with Crippen molar-refractivity contribution in [3.8, 4) is 12.1 Å². The minimum absolute atomic E-state index is 0.0482. The van der Waals surface area contributed by atoms with Crippen molar-refractivity contribution in [2.45, 2.75) is 38.1 Å². The first kappa shape index (κ1) is 19.6. The summed E-state index contributed by atoms with van der Waals surface area (Å²) in [6.45, 7) is 5.59. The van der Waals surface area contributed by atoms with E-state index in [0.29, 0.717) is 27.0 Å². The minimum atomic E-state index is -0.196. The average Bonchev–Trinajstić information content (AvgIpc) is 2.98. The Balaban J connectivity index is 2.11. The van der Waals surface area contributed by atoms with E-state index in [1.807, 2.05) is 19.9 Å². The summed E-state index contributed by atoms with van der Waals surface area (Å²) < 4.78 is 0. The molecule has 0 aliphatic rings. The van der Waals surface area contributed by atoms with Gasteiger partial charge in [0.15, 0.2) is 0 Å². The number of aromatic nitrogens is 3. The first-order chi connectivity index (χ1) is 12.4. The standard InChI is InChI=1S/C16H17N7OS2/c1-8(2)13-10(6-17)14(19)21-15(11(13)7-18)25-5-4-12(24)20-16-23-22-9(3)26-16/h8H,4-5H2,1-3H3,(H2,19,21)(H,20,23,24). The van der Waals surface area contributed by atoms with Gasteiger partial charge in [0.25, 0.3) is 0 Å². The van der Waals surface area contributed by atoms with Crippen molar-refractivity contribution in [3.05, 3.63) is 21.7 Å². The molecule has 134 valence electrons. The molecule has 2 heterocycles. The molecular weight excluding hydrogens is 370 g/mol. The molecule has 3 N–H and O–H groups in total. The summed E-state index contributed by atoms with van der Waals surface area (Å²) >= 11 is 2.56. The van der Waals surface area contributed by atoms with Crippen LogP contribution in [0.2, 0.25) is 0 Å². The van der Waals surface area contributed by atoms with Crippen LogP contribution in [0.5, 0.6) is 0 Å². The maximum absolute atomic E-state index is 12.0. The third-order valence-electron chi connectivity index (χ3n) is 3.37. The molecule has 2 aromatic heterocycles. The van der Waals surface area contributed by atoms with Gasteiger partial charge in [-0.05, 0) is 18.4 Å². The Morgan fingerprint density at radius 2 is 2.00 bits per heavy atom. The van der Waals surface area contributed by atoms with Crippen LogP contribution in [0.15, 0.2) is 5.03 Å². The molecule has 0 bridgehead atoms. The molecule has 0 atom stereocenters. The van der Waals surface area contributed by atoms with E-state index in [0.717, 1.165) is 5.01 Å². The van der Waals surface area contributed by atoms with Crippen LogP contribution in [0.25, 0.3) is 0 Å². The third kappa shape index (κ3) is 4.48. The monoisotopic (exact) mass is 387 g/mol. The van der Waals surface area contributed by atoms with Crippen molar-refractivity contribution < 1.29 is 4.79 Å². The number of carbonyl (C=O) groups excluding carboxylic acids is 1. The summed E-state index contributed by atoms with van der Waals surface area (Å²) in [5, 5.41) is 30.8. The number of anilines is 2. The summed E-state index contributed by atoms with van der Waals surface area (Å²) in [5.41, 5.74) is 7.06. The topological polar surface area (TPSA) is 141 Å². The highest BCUT2D eigenvalue weighted by Crippen LogP contribution is 2.33. The number of hydrogen-bond donors (Lipinski definition) is 2. The number of rotatable bonds is 6. The normalized spacial score (nSPS) is 10.4. The van der Waals surface area contributed by atoms with Gasteiger partial charge in [-0.2, -0.15) is 10.5 Å². The molecule has 0 saturated carbocycles. The molecule has 0 spiro atoms. The maximum atomic E-state index is 12.0. The van der Waals surface area contributed by atoms with Crippen LogP contribution in [0.4, 0.5) is 10.9 Å². The van der Waals surface area contributed by atoms with E-state index >= 15 is 0 Å². The smallest absolute Gasteiger partial charge is 0.227 e. The van der Waals surface area contributed by atoms with E-state index in [1.165, 1.54) is 23.1 Å². The van der Waals surface area contributed by atoms with E-state index in [9.17, 15) is 15.3 Å². The highest BCUT2D eigenvalue weighted by Gasteiger charge is 2.21. The summed E-state index contributed by atoms with van der Waals surface area (Å²) in [6.07, 6.45) is 0.215. The van der Waals surface area contributed by atoms with Crippen LogP contribution in [-0.4, -0.2) is 26.8 Å². The number of pyridine rings is 1. The lowest BCUT2D eigenvalue weighted by Gasteiger charge is -2.14. The van der Waals surface area contributed by atoms with Crippen LogP contribution >= 0.6 is 23.1 Å². The highest BCUT2D eigenvalue weighted by atomic mass is 32.2. The minimum Gasteiger partial charge on any atom is -0.383 e. The van der Waals surface area contributed by atoms with E-state index in [1.54, 1.807) is 6.92 Å². The number of nitriles is 2. The Morgan fingerprint density at radius 3 is 2.54 bits per heavy atom. The number of amides is 1. The zero-order valence-electron chi connectivity index (χ0n) is 14.5. The Morgan fingerprint density at radius 1 is 1.31 bits per heavy atom. The number of nitrogens with one attached hydrogen (secondary N) is 1.